The number of nitrogens with two attached hydrogens (primary N) is 4. The highest BCUT2D eigenvalue weighted by Gasteiger charge is 2.46. The van der Waals surface area contributed by atoms with Gasteiger partial charge in [-0.15, -0.1) is 0 Å². The van der Waals surface area contributed by atoms with Crippen molar-refractivity contribution in [2.24, 2.45) is 33.8 Å². The van der Waals surface area contributed by atoms with E-state index in [0.717, 1.165) is 15.8 Å². The van der Waals surface area contributed by atoms with E-state index < -0.39 is 174 Å². The van der Waals surface area contributed by atoms with E-state index >= 15 is 0 Å². The molecule has 3 saturated heterocycles. The van der Waals surface area contributed by atoms with Crippen LogP contribution in [0.2, 0.25) is 0 Å². The number of aliphatic carboxylic acids is 2. The maximum absolute atomic E-state index is 14.7. The third kappa shape index (κ3) is 22.2. The molecule has 0 radical (unpaired) electrons. The molecule has 34 nitrogen and oxygen atoms in total. The molecule has 2 aromatic carbocycles. The van der Waals surface area contributed by atoms with Crippen LogP contribution in [-0.4, -0.2) is 234 Å². The highest BCUT2D eigenvalue weighted by atomic mass is 32.2. The number of carboxylic acids is 2. The van der Waals surface area contributed by atoms with Crippen LogP contribution in [-0.2, 0) is 80.0 Å². The van der Waals surface area contributed by atoms with Gasteiger partial charge in [-0.2, -0.15) is 11.8 Å². The normalized spacial score (nSPS) is 18.5. The standard InChI is InChI=1S/C65H93N17O17S/c1-33(2)52(60(94)77-45(31-51(85)86)62(96)80-24-9-16-48(80)59(93)78-46(64(98)99)29-37-32-71-41-13-7-6-12-39(37)41)79-57(91)44(30-50(67)84)75-54(88)35(4)72-53(87)34(3)73-58(92)47-15-10-25-81(47)63(97)49-17-11-26-82(49)61(95)42(14-8-23-70-65(68)69)74-56(90)43(28-36-18-20-38(83)21-19-36)76-55(89)40(66)22-27-100-5/h6-7,12-13,18-21,32-35,40,42-49,52,71,83H,8-11,14-17,22-31,66H2,1-5H3,(H2,67,84)(H,72,87)(H,73,92)(H,74,90)(H,75,88)(H,76,89)(H,77,94)(H,78,93)(H,79,91)(H,85,86)(H,98,99)(H4,68,69,70)/t34-,35-,40-,42-,43-,44-,45-,46-,47-,48-,49-,52-/m0/s1. The number of fused-ring (bicyclic) bond motifs is 1. The van der Waals surface area contributed by atoms with Gasteiger partial charge in [0, 0.05) is 56.1 Å². The molecule has 0 aliphatic carbocycles. The number of carbonyl (C=O) groups is 14. The molecule has 0 saturated carbocycles. The lowest BCUT2D eigenvalue weighted by Crippen LogP contribution is -2.61. The Labute approximate surface area is 581 Å². The zero-order valence-corrected chi connectivity index (χ0v) is 57.3. The molecular formula is C65H93N17O17S. The summed E-state index contributed by atoms with van der Waals surface area (Å²) in [5.41, 5.74) is 24.7. The van der Waals surface area contributed by atoms with Crippen LogP contribution in [0.4, 0.5) is 0 Å². The molecule has 0 unspecified atom stereocenters. The fraction of sp³-hybridized carbons (Fsp3) is 0.554. The molecule has 6 rings (SSSR count). The zero-order valence-electron chi connectivity index (χ0n) is 56.5. The molecule has 546 valence electrons. The van der Waals surface area contributed by atoms with Crippen LogP contribution in [0.5, 0.6) is 5.75 Å². The molecule has 0 bridgehead atoms. The number of aromatic nitrogens is 1. The largest absolute Gasteiger partial charge is 0.508 e. The first kappa shape index (κ1) is 78.9. The van der Waals surface area contributed by atoms with E-state index in [1.165, 1.54) is 61.4 Å². The number of primary amides is 1. The summed E-state index contributed by atoms with van der Waals surface area (Å²) < 4.78 is 0. The van der Waals surface area contributed by atoms with Crippen molar-refractivity contribution in [1.29, 1.82) is 0 Å². The van der Waals surface area contributed by atoms with E-state index in [1.807, 2.05) is 6.26 Å². The minimum absolute atomic E-state index is 0.00235. The third-order valence-corrected chi connectivity index (χ3v) is 18.2. The van der Waals surface area contributed by atoms with Gasteiger partial charge in [-0.05, 0) is 119 Å². The van der Waals surface area contributed by atoms with E-state index in [0.29, 0.717) is 36.1 Å². The number of carbonyl (C=O) groups excluding carboxylic acids is 12. The number of aliphatic imine (C=N–C) groups is 1. The summed E-state index contributed by atoms with van der Waals surface area (Å²) in [6.07, 6.45) is 3.45. The number of carboxylic acid groups (broad SMARTS) is 2. The fourth-order valence-corrected chi connectivity index (χ4v) is 12.6. The zero-order chi connectivity index (χ0) is 73.7. The predicted octanol–water partition coefficient (Wildman–Crippen LogP) is -3.23. The number of hydrogen-bond acceptors (Lipinski definition) is 18. The van der Waals surface area contributed by atoms with Gasteiger partial charge in [-0.3, -0.25) is 67.3 Å². The van der Waals surface area contributed by atoms with Crippen molar-refractivity contribution in [3.63, 3.8) is 0 Å². The van der Waals surface area contributed by atoms with E-state index in [-0.39, 0.29) is 89.3 Å². The lowest BCUT2D eigenvalue weighted by molar-refractivity contribution is -0.148. The summed E-state index contributed by atoms with van der Waals surface area (Å²) in [6, 6.07) is -3.20. The predicted molar refractivity (Wildman–Crippen MR) is 364 cm³/mol. The van der Waals surface area contributed by atoms with E-state index in [9.17, 15) is 82.4 Å². The number of likely N-dealkylation sites (tertiary alicyclic amines) is 3. The smallest absolute Gasteiger partial charge is 0.326 e. The van der Waals surface area contributed by atoms with Crippen molar-refractivity contribution in [2.75, 3.05) is 38.2 Å². The van der Waals surface area contributed by atoms with Crippen molar-refractivity contribution in [2.45, 2.75) is 184 Å². The number of benzene rings is 2. The van der Waals surface area contributed by atoms with Crippen molar-refractivity contribution in [3.8, 4) is 5.75 Å². The van der Waals surface area contributed by atoms with Gasteiger partial charge in [0.05, 0.1) is 18.9 Å². The van der Waals surface area contributed by atoms with E-state index in [2.05, 4.69) is 52.5 Å². The number of amides is 12. The molecule has 3 fully saturated rings. The first-order valence-electron chi connectivity index (χ1n) is 33.1. The summed E-state index contributed by atoms with van der Waals surface area (Å²) in [6.45, 7) is 5.72. The Morgan fingerprint density at radius 2 is 1.14 bits per heavy atom. The minimum Gasteiger partial charge on any atom is -0.508 e. The van der Waals surface area contributed by atoms with Crippen LogP contribution < -0.4 is 65.5 Å². The Bertz CT molecular complexity index is 3510. The second kappa shape index (κ2) is 37.2. The Kier molecular flexibility index (Phi) is 29.4. The number of H-pyrrole nitrogens is 1. The second-order valence-electron chi connectivity index (χ2n) is 25.4. The van der Waals surface area contributed by atoms with E-state index in [4.69, 9.17) is 22.9 Å². The maximum Gasteiger partial charge on any atom is 0.326 e. The van der Waals surface area contributed by atoms with Gasteiger partial charge in [-0.25, -0.2) is 4.79 Å². The quantitative estimate of drug-likeness (QED) is 0.0155. The number of nitrogens with one attached hydrogen (secondary N) is 9. The fourth-order valence-electron chi connectivity index (χ4n) is 12.1. The summed E-state index contributed by atoms with van der Waals surface area (Å²) >= 11 is 1.48. The Hall–Kier alpha value is -10.1. The topological polar surface area (TPSA) is 538 Å². The monoisotopic (exact) mass is 1420 g/mol. The highest BCUT2D eigenvalue weighted by Crippen LogP contribution is 2.28. The van der Waals surface area contributed by atoms with Crippen LogP contribution in [0.3, 0.4) is 0 Å². The second-order valence-corrected chi connectivity index (χ2v) is 26.4. The molecule has 12 atom stereocenters. The number of guanidine groups is 1. The molecule has 100 heavy (non-hydrogen) atoms. The van der Waals surface area contributed by atoms with Gasteiger partial charge in [0.1, 0.15) is 72.2 Å². The molecule has 1 aromatic heterocycles. The minimum atomic E-state index is -1.81. The molecule has 3 aliphatic rings. The van der Waals surface area contributed by atoms with Crippen molar-refractivity contribution in [1.82, 2.24) is 62.2 Å². The Balaban J connectivity index is 1.06. The van der Waals surface area contributed by atoms with Crippen molar-refractivity contribution < 1.29 is 82.4 Å². The number of rotatable bonds is 36. The van der Waals surface area contributed by atoms with Crippen molar-refractivity contribution >= 4 is 111 Å². The lowest BCUT2D eigenvalue weighted by atomic mass is 10.0. The number of para-hydroxylation sites is 1. The molecule has 3 aromatic rings. The van der Waals surface area contributed by atoms with Gasteiger partial charge >= 0.3 is 11.9 Å². The highest BCUT2D eigenvalue weighted by molar-refractivity contribution is 7.98. The maximum atomic E-state index is 14.7. The molecule has 12 amide bonds. The van der Waals surface area contributed by atoms with Gasteiger partial charge in [0.15, 0.2) is 5.96 Å². The molecule has 3 aliphatic heterocycles. The number of aromatic hydroxyl groups is 1. The number of phenolic OH excluding ortho intramolecular Hbond substituents is 1. The summed E-state index contributed by atoms with van der Waals surface area (Å²) in [5, 5.41) is 50.7. The number of aromatic amines is 1. The SMILES string of the molecule is CSCC[C@H](N)C(=O)N[C@@H](Cc1ccc(O)cc1)C(=O)N[C@@H](CCCN=C(N)N)C(=O)N1CCC[C@H]1C(=O)N1CCC[C@H]1C(=O)N[C@@H](C)C(=O)N[C@@H](C)C(=O)N[C@@H](CC(N)=O)C(=O)N[C@H](C(=O)N[C@@H](CC(=O)O)C(=O)N1CCC[C@H]1C(=O)N[C@@H](Cc1c[nH]c2ccccc12)C(=O)O)C(C)C. The molecule has 4 heterocycles. The average Bonchev–Trinajstić information content (AvgIpc) is 1.63. The van der Waals surface area contributed by atoms with Crippen LogP contribution in [0.15, 0.2) is 59.7 Å². The van der Waals surface area contributed by atoms with Gasteiger partial charge in [-0.1, -0.05) is 44.2 Å². The van der Waals surface area contributed by atoms with Crippen LogP contribution in [0.1, 0.15) is 109 Å². The number of hydrogen-bond donors (Lipinski definition) is 16. The molecule has 20 N–H and O–H groups in total. The molecule has 35 heteroatoms. The van der Waals surface area contributed by atoms with Gasteiger partial charge in [0.25, 0.3) is 0 Å². The molecule has 0 spiro atoms. The molecular weight excluding hydrogens is 1320 g/mol. The van der Waals surface area contributed by atoms with Crippen LogP contribution in [0.25, 0.3) is 10.9 Å². The third-order valence-electron chi connectivity index (χ3n) is 17.5. The average molecular weight is 1420 g/mol. The summed E-state index contributed by atoms with van der Waals surface area (Å²) in [5.74, 6) is -13.7. The first-order chi connectivity index (χ1) is 47.4. The number of thioether (sulfide) groups is 1. The summed E-state index contributed by atoms with van der Waals surface area (Å²) in [7, 11) is 0. The first-order valence-corrected chi connectivity index (χ1v) is 34.5. The summed E-state index contributed by atoms with van der Waals surface area (Å²) in [4.78, 5) is 202. The Morgan fingerprint density at radius 3 is 1.76 bits per heavy atom. The van der Waals surface area contributed by atoms with Gasteiger partial charge in [0.2, 0.25) is 70.9 Å². The van der Waals surface area contributed by atoms with Crippen molar-refractivity contribution in [3.05, 3.63) is 65.9 Å². The van der Waals surface area contributed by atoms with E-state index in [1.54, 1.807) is 42.6 Å². The van der Waals surface area contributed by atoms with Crippen LogP contribution in [0, 0.1) is 5.92 Å². The number of phenols is 1. The van der Waals surface area contributed by atoms with Crippen LogP contribution >= 0.6 is 11.8 Å². The number of nitrogens with zero attached hydrogens (tertiary/aromatic N) is 4. The Morgan fingerprint density at radius 1 is 0.590 bits per heavy atom. The van der Waals surface area contributed by atoms with Gasteiger partial charge < -0.3 is 100 Å². The lowest BCUT2D eigenvalue weighted by Gasteiger charge is -2.33.